The summed E-state index contributed by atoms with van der Waals surface area (Å²) in [4.78, 5) is 21.6. The van der Waals surface area contributed by atoms with Crippen molar-refractivity contribution in [2.45, 2.75) is 44.7 Å². The van der Waals surface area contributed by atoms with Crippen molar-refractivity contribution >= 4 is 11.9 Å². The van der Waals surface area contributed by atoms with E-state index >= 15 is 0 Å². The molecule has 0 aromatic rings. The molecule has 1 unspecified atom stereocenters. The lowest BCUT2D eigenvalue weighted by atomic mass is 9.64. The number of carbonyl (C=O) groups is 2. The largest absolute Gasteiger partial charge is 0.481 e. The molecule has 1 rings (SSSR count). The van der Waals surface area contributed by atoms with E-state index in [4.69, 9.17) is 10.8 Å². The van der Waals surface area contributed by atoms with Gasteiger partial charge < -0.3 is 16.2 Å². The van der Waals surface area contributed by atoms with Crippen LogP contribution < -0.4 is 11.1 Å². The molecule has 4 N–H and O–H groups in total. The molecule has 15 heavy (non-hydrogen) atoms. The van der Waals surface area contributed by atoms with Crippen LogP contribution in [-0.2, 0) is 9.59 Å². The molecular weight excluding hydrogens is 196 g/mol. The molecule has 1 amide bonds. The van der Waals surface area contributed by atoms with E-state index in [1.165, 1.54) is 6.92 Å². The highest BCUT2D eigenvalue weighted by molar-refractivity contribution is 5.74. The maximum atomic E-state index is 10.9. The third-order valence-electron chi connectivity index (χ3n) is 3.08. The molecular formula is C10H18N2O3. The Balaban J connectivity index is 2.55. The number of amides is 1. The average molecular weight is 214 g/mol. The van der Waals surface area contributed by atoms with Gasteiger partial charge in [-0.2, -0.15) is 0 Å². The van der Waals surface area contributed by atoms with Crippen molar-refractivity contribution < 1.29 is 14.7 Å². The summed E-state index contributed by atoms with van der Waals surface area (Å²) in [6, 6.07) is -0.120. The van der Waals surface area contributed by atoms with Gasteiger partial charge in [0.05, 0.1) is 5.92 Å². The lowest BCUT2D eigenvalue weighted by Crippen LogP contribution is -2.65. The third-order valence-corrected chi connectivity index (χ3v) is 3.08. The van der Waals surface area contributed by atoms with Crippen LogP contribution in [0.2, 0.25) is 0 Å². The standard InChI is InChI=1S/C10H18N2O3/c1-3-8(12-6(2)13)10(11)4-7(5-10)9(14)15/h7-8H,3-5,11H2,1-2H3,(H,12,13)(H,14,15). The highest BCUT2D eigenvalue weighted by Gasteiger charge is 2.49. The summed E-state index contributed by atoms with van der Waals surface area (Å²) >= 11 is 0. The predicted octanol–water partition coefficient (Wildman–Crippen LogP) is 0.0932. The molecule has 0 aromatic heterocycles. The van der Waals surface area contributed by atoms with E-state index in [-0.39, 0.29) is 17.9 Å². The van der Waals surface area contributed by atoms with E-state index in [0.29, 0.717) is 12.8 Å². The summed E-state index contributed by atoms with van der Waals surface area (Å²) in [7, 11) is 0. The maximum absolute atomic E-state index is 10.9. The van der Waals surface area contributed by atoms with Gasteiger partial charge in [0.15, 0.2) is 0 Å². The number of carboxylic acids is 1. The van der Waals surface area contributed by atoms with Crippen molar-refractivity contribution in [2.24, 2.45) is 11.7 Å². The highest BCUT2D eigenvalue weighted by atomic mass is 16.4. The van der Waals surface area contributed by atoms with Gasteiger partial charge in [0.25, 0.3) is 0 Å². The number of hydrogen-bond acceptors (Lipinski definition) is 3. The number of rotatable bonds is 4. The zero-order valence-corrected chi connectivity index (χ0v) is 9.12. The van der Waals surface area contributed by atoms with Crippen LogP contribution in [0.5, 0.6) is 0 Å². The van der Waals surface area contributed by atoms with E-state index in [2.05, 4.69) is 5.32 Å². The second-order valence-corrected chi connectivity index (χ2v) is 4.34. The quantitative estimate of drug-likeness (QED) is 0.618. The Morgan fingerprint density at radius 1 is 1.60 bits per heavy atom. The summed E-state index contributed by atoms with van der Waals surface area (Å²) in [6.45, 7) is 3.38. The molecule has 5 heteroatoms. The molecule has 0 saturated heterocycles. The number of aliphatic carboxylic acids is 1. The second kappa shape index (κ2) is 4.18. The zero-order valence-electron chi connectivity index (χ0n) is 9.12. The monoisotopic (exact) mass is 214 g/mol. The topological polar surface area (TPSA) is 92.4 Å². The Hall–Kier alpha value is -1.10. The summed E-state index contributed by atoms with van der Waals surface area (Å²) in [5.41, 5.74) is 5.52. The van der Waals surface area contributed by atoms with E-state index in [1.54, 1.807) is 0 Å². The SMILES string of the molecule is CCC(NC(C)=O)C1(N)CC(C(=O)O)C1. The first-order valence-corrected chi connectivity index (χ1v) is 5.18. The minimum atomic E-state index is -0.797. The van der Waals surface area contributed by atoms with Crippen LogP contribution >= 0.6 is 0 Å². The normalized spacial score (nSPS) is 31.5. The number of carboxylic acid groups (broad SMARTS) is 1. The van der Waals surface area contributed by atoms with Crippen LogP contribution in [0.25, 0.3) is 0 Å². The van der Waals surface area contributed by atoms with Gasteiger partial charge in [0.2, 0.25) is 5.91 Å². The Bertz CT molecular complexity index is 272. The lowest BCUT2D eigenvalue weighted by Gasteiger charge is -2.48. The molecule has 0 aliphatic heterocycles. The third kappa shape index (κ3) is 2.47. The van der Waals surface area contributed by atoms with Crippen LogP contribution in [0.3, 0.4) is 0 Å². The molecule has 0 bridgehead atoms. The van der Waals surface area contributed by atoms with E-state index < -0.39 is 11.5 Å². The van der Waals surface area contributed by atoms with Crippen molar-refractivity contribution in [1.29, 1.82) is 0 Å². The predicted molar refractivity (Wildman–Crippen MR) is 55.2 cm³/mol. The van der Waals surface area contributed by atoms with Crippen LogP contribution in [0, 0.1) is 5.92 Å². The highest BCUT2D eigenvalue weighted by Crippen LogP contribution is 2.39. The molecule has 1 fully saturated rings. The Labute approximate surface area is 89.0 Å². The molecule has 5 nitrogen and oxygen atoms in total. The number of nitrogens with one attached hydrogen (secondary N) is 1. The summed E-state index contributed by atoms with van der Waals surface area (Å²) in [6.07, 6.45) is 1.62. The van der Waals surface area contributed by atoms with Crippen molar-refractivity contribution in [3.63, 3.8) is 0 Å². The lowest BCUT2D eigenvalue weighted by molar-refractivity contribution is -0.147. The first kappa shape index (κ1) is 12.0. The Morgan fingerprint density at radius 2 is 2.13 bits per heavy atom. The number of nitrogens with two attached hydrogens (primary N) is 1. The van der Waals surface area contributed by atoms with Crippen molar-refractivity contribution in [3.8, 4) is 0 Å². The van der Waals surface area contributed by atoms with E-state index in [0.717, 1.165) is 6.42 Å². The van der Waals surface area contributed by atoms with Gasteiger partial charge in [-0.25, -0.2) is 0 Å². The van der Waals surface area contributed by atoms with Gasteiger partial charge in [0.1, 0.15) is 0 Å². The van der Waals surface area contributed by atoms with Gasteiger partial charge >= 0.3 is 5.97 Å². The second-order valence-electron chi connectivity index (χ2n) is 4.34. The van der Waals surface area contributed by atoms with Crippen LogP contribution in [0.4, 0.5) is 0 Å². The molecule has 1 saturated carbocycles. The fourth-order valence-corrected chi connectivity index (χ4v) is 2.21. The zero-order chi connectivity index (χ0) is 11.6. The summed E-state index contributed by atoms with van der Waals surface area (Å²) in [5, 5.41) is 11.5. The summed E-state index contributed by atoms with van der Waals surface area (Å²) < 4.78 is 0. The molecule has 1 aliphatic carbocycles. The average Bonchev–Trinajstić information content (AvgIpc) is 2.08. The molecule has 0 radical (unpaired) electrons. The number of hydrogen-bond donors (Lipinski definition) is 3. The summed E-state index contributed by atoms with van der Waals surface area (Å²) in [5.74, 6) is -1.27. The van der Waals surface area contributed by atoms with Gasteiger partial charge in [-0.1, -0.05) is 6.92 Å². The minimum Gasteiger partial charge on any atom is -0.481 e. The van der Waals surface area contributed by atoms with Gasteiger partial charge in [0, 0.05) is 18.5 Å². The minimum absolute atomic E-state index is 0.120. The molecule has 0 spiro atoms. The van der Waals surface area contributed by atoms with Crippen molar-refractivity contribution in [1.82, 2.24) is 5.32 Å². The molecule has 1 aliphatic rings. The van der Waals surface area contributed by atoms with Crippen LogP contribution in [0.15, 0.2) is 0 Å². The maximum Gasteiger partial charge on any atom is 0.306 e. The smallest absolute Gasteiger partial charge is 0.306 e. The first-order chi connectivity index (χ1) is 6.89. The van der Waals surface area contributed by atoms with Gasteiger partial charge in [-0.3, -0.25) is 9.59 Å². The van der Waals surface area contributed by atoms with E-state index in [1.807, 2.05) is 6.92 Å². The van der Waals surface area contributed by atoms with Gasteiger partial charge in [-0.15, -0.1) is 0 Å². The fourth-order valence-electron chi connectivity index (χ4n) is 2.21. The van der Waals surface area contributed by atoms with Crippen LogP contribution in [0.1, 0.15) is 33.1 Å². The van der Waals surface area contributed by atoms with Gasteiger partial charge in [-0.05, 0) is 19.3 Å². The first-order valence-electron chi connectivity index (χ1n) is 5.18. The van der Waals surface area contributed by atoms with E-state index in [9.17, 15) is 9.59 Å². The van der Waals surface area contributed by atoms with Crippen molar-refractivity contribution in [2.75, 3.05) is 0 Å². The molecule has 0 heterocycles. The molecule has 1 atom stereocenters. The van der Waals surface area contributed by atoms with Crippen LogP contribution in [-0.4, -0.2) is 28.6 Å². The van der Waals surface area contributed by atoms with Crippen molar-refractivity contribution in [3.05, 3.63) is 0 Å². The Kier molecular flexibility index (Phi) is 3.34. The molecule has 0 aromatic carbocycles. The molecule has 86 valence electrons. The Morgan fingerprint density at radius 3 is 2.47 bits per heavy atom. The number of carbonyl (C=O) groups excluding carboxylic acids is 1. The fraction of sp³-hybridized carbons (Fsp3) is 0.800.